The lowest BCUT2D eigenvalue weighted by atomic mass is 10.2. The molecule has 5 heteroatoms. The summed E-state index contributed by atoms with van der Waals surface area (Å²) < 4.78 is 2.26. The van der Waals surface area contributed by atoms with Crippen molar-refractivity contribution >= 4 is 57.3 Å². The van der Waals surface area contributed by atoms with Gasteiger partial charge in [-0.2, -0.15) is 5.10 Å². The molecule has 2 rings (SSSR count). The number of halogens is 2. The highest BCUT2D eigenvalue weighted by Crippen LogP contribution is 2.07. The molecule has 3 nitrogen and oxygen atoms in total. The molecule has 0 aromatic heterocycles. The van der Waals surface area contributed by atoms with Crippen LogP contribution >= 0.6 is 45.2 Å². The summed E-state index contributed by atoms with van der Waals surface area (Å²) in [7, 11) is 0. The Morgan fingerprint density at radius 3 is 2.05 bits per heavy atom. The van der Waals surface area contributed by atoms with E-state index in [-0.39, 0.29) is 5.91 Å². The first-order valence-electron chi connectivity index (χ1n) is 5.50. The van der Waals surface area contributed by atoms with Gasteiger partial charge in [-0.1, -0.05) is 12.1 Å². The van der Waals surface area contributed by atoms with E-state index in [2.05, 4.69) is 55.7 Å². The number of hydrogen-bond acceptors (Lipinski definition) is 2. The van der Waals surface area contributed by atoms with Gasteiger partial charge in [0.1, 0.15) is 0 Å². The van der Waals surface area contributed by atoms with Crippen LogP contribution in [0.5, 0.6) is 0 Å². The zero-order valence-electron chi connectivity index (χ0n) is 9.81. The van der Waals surface area contributed by atoms with Gasteiger partial charge in [-0.15, -0.1) is 0 Å². The predicted octanol–water partition coefficient (Wildman–Crippen LogP) is 3.66. The average Bonchev–Trinajstić information content (AvgIpc) is 2.41. The van der Waals surface area contributed by atoms with Crippen LogP contribution in [0.1, 0.15) is 15.9 Å². The molecule has 0 spiro atoms. The standard InChI is InChI=1S/C14H10I2N2O/c15-12-5-1-10(2-6-12)9-17-18-14(19)11-3-7-13(16)8-4-11/h1-9H,(H,18,19)/b17-9-. The molecule has 0 saturated heterocycles. The van der Waals surface area contributed by atoms with Crippen molar-refractivity contribution < 1.29 is 4.79 Å². The van der Waals surface area contributed by atoms with Gasteiger partial charge in [-0.3, -0.25) is 4.79 Å². The fourth-order valence-corrected chi connectivity index (χ4v) is 2.10. The topological polar surface area (TPSA) is 41.5 Å². The molecule has 0 aliphatic rings. The molecule has 96 valence electrons. The molecule has 0 fully saturated rings. The second-order valence-electron chi connectivity index (χ2n) is 3.76. The first kappa shape index (κ1) is 14.4. The largest absolute Gasteiger partial charge is 0.271 e. The van der Waals surface area contributed by atoms with Gasteiger partial charge in [0, 0.05) is 12.7 Å². The Bertz CT molecular complexity index is 592. The number of hydrazone groups is 1. The van der Waals surface area contributed by atoms with Crippen molar-refractivity contribution in [2.75, 3.05) is 0 Å². The van der Waals surface area contributed by atoms with Crippen LogP contribution in [0, 0.1) is 7.14 Å². The zero-order valence-corrected chi connectivity index (χ0v) is 14.1. The molecular weight excluding hydrogens is 466 g/mol. The Hall–Kier alpha value is -0.960. The molecule has 0 heterocycles. The summed E-state index contributed by atoms with van der Waals surface area (Å²) in [5.41, 5.74) is 4.05. The van der Waals surface area contributed by atoms with Gasteiger partial charge >= 0.3 is 0 Å². The van der Waals surface area contributed by atoms with Crippen LogP contribution < -0.4 is 5.43 Å². The van der Waals surface area contributed by atoms with Crippen molar-refractivity contribution in [2.24, 2.45) is 5.10 Å². The van der Waals surface area contributed by atoms with Gasteiger partial charge in [-0.25, -0.2) is 5.43 Å². The van der Waals surface area contributed by atoms with E-state index >= 15 is 0 Å². The number of hydrogen-bond donors (Lipinski definition) is 1. The number of carbonyl (C=O) groups excluding carboxylic acids is 1. The highest BCUT2D eigenvalue weighted by atomic mass is 127. The quantitative estimate of drug-likeness (QED) is 0.411. The number of carbonyl (C=O) groups is 1. The van der Waals surface area contributed by atoms with Gasteiger partial charge in [0.25, 0.3) is 5.91 Å². The summed E-state index contributed by atoms with van der Waals surface area (Å²) in [6, 6.07) is 15.2. The van der Waals surface area contributed by atoms with E-state index < -0.39 is 0 Å². The van der Waals surface area contributed by atoms with E-state index in [9.17, 15) is 4.79 Å². The van der Waals surface area contributed by atoms with Crippen LogP contribution in [-0.2, 0) is 0 Å². The van der Waals surface area contributed by atoms with E-state index in [1.807, 2.05) is 36.4 Å². The highest BCUT2D eigenvalue weighted by molar-refractivity contribution is 14.1. The molecule has 19 heavy (non-hydrogen) atoms. The summed E-state index contributed by atoms with van der Waals surface area (Å²) >= 11 is 4.44. The summed E-state index contributed by atoms with van der Waals surface area (Å²) in [4.78, 5) is 11.8. The van der Waals surface area contributed by atoms with Gasteiger partial charge in [0.05, 0.1) is 6.21 Å². The third-order valence-corrected chi connectivity index (χ3v) is 3.79. The minimum absolute atomic E-state index is 0.210. The maximum Gasteiger partial charge on any atom is 0.271 e. The molecule has 2 aromatic rings. The Balaban J connectivity index is 1.96. The molecule has 0 atom stereocenters. The minimum atomic E-state index is -0.210. The third kappa shape index (κ3) is 4.57. The number of nitrogens with zero attached hydrogens (tertiary/aromatic N) is 1. The molecule has 0 saturated carbocycles. The molecule has 0 aliphatic carbocycles. The Morgan fingerprint density at radius 2 is 1.47 bits per heavy atom. The molecule has 0 aliphatic heterocycles. The second kappa shape index (κ2) is 6.99. The summed E-state index contributed by atoms with van der Waals surface area (Å²) in [5, 5.41) is 3.94. The second-order valence-corrected chi connectivity index (χ2v) is 6.25. The average molecular weight is 476 g/mol. The van der Waals surface area contributed by atoms with E-state index in [0.717, 1.165) is 12.7 Å². The van der Waals surface area contributed by atoms with E-state index in [4.69, 9.17) is 0 Å². The van der Waals surface area contributed by atoms with Crippen molar-refractivity contribution in [1.82, 2.24) is 5.43 Å². The Kier molecular flexibility index (Phi) is 5.32. The lowest BCUT2D eigenvalue weighted by Gasteiger charge is -1.99. The maximum absolute atomic E-state index is 11.8. The van der Waals surface area contributed by atoms with E-state index in [1.54, 1.807) is 18.3 Å². The number of amides is 1. The van der Waals surface area contributed by atoms with Crippen LogP contribution in [0.15, 0.2) is 53.6 Å². The predicted molar refractivity (Wildman–Crippen MR) is 93.4 cm³/mol. The molecule has 2 aromatic carbocycles. The van der Waals surface area contributed by atoms with Crippen molar-refractivity contribution in [3.05, 3.63) is 66.8 Å². The third-order valence-electron chi connectivity index (χ3n) is 2.36. The van der Waals surface area contributed by atoms with Crippen LogP contribution in [0.3, 0.4) is 0 Å². The summed E-state index contributed by atoms with van der Waals surface area (Å²) in [6.07, 6.45) is 1.63. The smallest absolute Gasteiger partial charge is 0.267 e. The zero-order chi connectivity index (χ0) is 13.7. The van der Waals surface area contributed by atoms with Crippen molar-refractivity contribution in [3.63, 3.8) is 0 Å². The number of nitrogens with one attached hydrogen (secondary N) is 1. The maximum atomic E-state index is 11.8. The molecule has 1 N–H and O–H groups in total. The molecule has 1 amide bonds. The van der Waals surface area contributed by atoms with Gasteiger partial charge in [-0.05, 0) is 87.1 Å². The minimum Gasteiger partial charge on any atom is -0.267 e. The van der Waals surface area contributed by atoms with E-state index in [0.29, 0.717) is 5.56 Å². The first-order valence-corrected chi connectivity index (χ1v) is 7.65. The van der Waals surface area contributed by atoms with Gasteiger partial charge in [0.15, 0.2) is 0 Å². The van der Waals surface area contributed by atoms with Crippen molar-refractivity contribution in [2.45, 2.75) is 0 Å². The fourth-order valence-electron chi connectivity index (χ4n) is 1.38. The van der Waals surface area contributed by atoms with E-state index in [1.165, 1.54) is 0 Å². The van der Waals surface area contributed by atoms with Crippen molar-refractivity contribution in [3.8, 4) is 0 Å². The van der Waals surface area contributed by atoms with Crippen LogP contribution in [0.4, 0.5) is 0 Å². The summed E-state index contributed by atoms with van der Waals surface area (Å²) in [6.45, 7) is 0. The number of rotatable bonds is 3. The highest BCUT2D eigenvalue weighted by Gasteiger charge is 2.02. The Labute approximate surface area is 138 Å². The fraction of sp³-hybridized carbons (Fsp3) is 0. The lowest BCUT2D eigenvalue weighted by molar-refractivity contribution is 0.0955. The molecule has 0 unspecified atom stereocenters. The van der Waals surface area contributed by atoms with Gasteiger partial charge in [0.2, 0.25) is 0 Å². The monoisotopic (exact) mass is 476 g/mol. The van der Waals surface area contributed by atoms with Gasteiger partial charge < -0.3 is 0 Å². The SMILES string of the molecule is O=C(N/N=C\c1ccc(I)cc1)c1ccc(I)cc1. The molecule has 0 bridgehead atoms. The summed E-state index contributed by atoms with van der Waals surface area (Å²) in [5.74, 6) is -0.210. The normalized spacial score (nSPS) is 10.6. The van der Waals surface area contributed by atoms with Crippen LogP contribution in [0.25, 0.3) is 0 Å². The van der Waals surface area contributed by atoms with Crippen molar-refractivity contribution in [1.29, 1.82) is 0 Å². The molecule has 0 radical (unpaired) electrons. The van der Waals surface area contributed by atoms with Crippen LogP contribution in [0.2, 0.25) is 0 Å². The lowest BCUT2D eigenvalue weighted by Crippen LogP contribution is -2.17. The Morgan fingerprint density at radius 1 is 0.947 bits per heavy atom. The first-order chi connectivity index (χ1) is 9.15. The molecular formula is C14H10I2N2O. The number of benzene rings is 2. The van der Waals surface area contributed by atoms with Crippen LogP contribution in [-0.4, -0.2) is 12.1 Å².